The van der Waals surface area contributed by atoms with Gasteiger partial charge in [-0.2, -0.15) is 0 Å². The van der Waals surface area contributed by atoms with Crippen LogP contribution in [0.15, 0.2) is 65.8 Å². The molecule has 0 radical (unpaired) electrons. The summed E-state index contributed by atoms with van der Waals surface area (Å²) in [6, 6.07) is 14.0. The van der Waals surface area contributed by atoms with E-state index in [0.717, 1.165) is 22.4 Å². The molecule has 0 atom stereocenters. The van der Waals surface area contributed by atoms with Crippen molar-refractivity contribution in [2.24, 2.45) is 10.7 Å². The molecule has 1 heterocycles. The minimum absolute atomic E-state index is 0.432. The SMILES string of the molecule is C=C(C)CNC(N)=NCc1cccc(-c2ccccn2)c1. The molecule has 0 fully saturated rings. The molecule has 0 aliphatic carbocycles. The number of nitrogens with zero attached hydrogens (tertiary/aromatic N) is 2. The van der Waals surface area contributed by atoms with Crippen molar-refractivity contribution in [3.05, 3.63) is 66.4 Å². The number of hydrogen-bond donors (Lipinski definition) is 2. The number of nitrogens with one attached hydrogen (secondary N) is 1. The van der Waals surface area contributed by atoms with Crippen molar-refractivity contribution in [3.8, 4) is 11.3 Å². The van der Waals surface area contributed by atoms with E-state index in [1.54, 1.807) is 6.20 Å². The van der Waals surface area contributed by atoms with Crippen molar-refractivity contribution in [1.82, 2.24) is 10.3 Å². The first-order valence-corrected chi connectivity index (χ1v) is 6.83. The number of hydrogen-bond acceptors (Lipinski definition) is 2. The first-order chi connectivity index (χ1) is 10.1. The molecular formula is C17H20N4. The monoisotopic (exact) mass is 280 g/mol. The van der Waals surface area contributed by atoms with Gasteiger partial charge in [0.05, 0.1) is 12.2 Å². The van der Waals surface area contributed by atoms with Gasteiger partial charge in [0.2, 0.25) is 0 Å². The molecule has 0 bridgehead atoms. The molecule has 3 N–H and O–H groups in total. The highest BCUT2D eigenvalue weighted by atomic mass is 15.1. The second-order valence-corrected chi connectivity index (χ2v) is 4.93. The number of nitrogens with two attached hydrogens (primary N) is 1. The summed E-state index contributed by atoms with van der Waals surface area (Å²) in [6.07, 6.45) is 1.79. The minimum Gasteiger partial charge on any atom is -0.370 e. The molecule has 4 nitrogen and oxygen atoms in total. The summed E-state index contributed by atoms with van der Waals surface area (Å²) in [6.45, 7) is 6.93. The highest BCUT2D eigenvalue weighted by molar-refractivity contribution is 5.78. The fourth-order valence-electron chi connectivity index (χ4n) is 1.84. The zero-order valence-electron chi connectivity index (χ0n) is 12.2. The quantitative estimate of drug-likeness (QED) is 0.503. The van der Waals surface area contributed by atoms with Gasteiger partial charge in [0.25, 0.3) is 0 Å². The van der Waals surface area contributed by atoms with Gasteiger partial charge in [-0.05, 0) is 30.7 Å². The topological polar surface area (TPSA) is 63.3 Å². The molecule has 1 aromatic carbocycles. The van der Waals surface area contributed by atoms with Crippen molar-refractivity contribution >= 4 is 5.96 Å². The average Bonchev–Trinajstić information content (AvgIpc) is 2.52. The number of rotatable bonds is 5. The van der Waals surface area contributed by atoms with Crippen LogP contribution in [0.3, 0.4) is 0 Å². The van der Waals surface area contributed by atoms with Crippen LogP contribution in [0.5, 0.6) is 0 Å². The van der Waals surface area contributed by atoms with Gasteiger partial charge in [0.1, 0.15) is 0 Å². The Morgan fingerprint density at radius 2 is 2.14 bits per heavy atom. The van der Waals surface area contributed by atoms with Gasteiger partial charge in [-0.15, -0.1) is 0 Å². The molecule has 0 unspecified atom stereocenters. The van der Waals surface area contributed by atoms with E-state index < -0.39 is 0 Å². The third-order valence-corrected chi connectivity index (χ3v) is 2.89. The Morgan fingerprint density at radius 3 is 2.86 bits per heavy atom. The zero-order chi connectivity index (χ0) is 15.1. The van der Waals surface area contributed by atoms with Crippen molar-refractivity contribution in [2.75, 3.05) is 6.54 Å². The fourth-order valence-corrected chi connectivity index (χ4v) is 1.84. The number of benzene rings is 1. The smallest absolute Gasteiger partial charge is 0.189 e. The summed E-state index contributed by atoms with van der Waals surface area (Å²) in [5.74, 6) is 0.432. The minimum atomic E-state index is 0.432. The second kappa shape index (κ2) is 7.24. The Morgan fingerprint density at radius 1 is 1.29 bits per heavy atom. The van der Waals surface area contributed by atoms with E-state index in [2.05, 4.69) is 27.9 Å². The van der Waals surface area contributed by atoms with Crippen LogP contribution in [0.4, 0.5) is 0 Å². The van der Waals surface area contributed by atoms with Crippen LogP contribution in [0, 0.1) is 0 Å². The Kier molecular flexibility index (Phi) is 5.10. The Hall–Kier alpha value is -2.62. The molecule has 0 saturated heterocycles. The molecule has 2 aromatic rings. The van der Waals surface area contributed by atoms with Crippen LogP contribution in [-0.4, -0.2) is 17.5 Å². The first kappa shape index (κ1) is 14.8. The fraction of sp³-hybridized carbons (Fsp3) is 0.176. The lowest BCUT2D eigenvalue weighted by atomic mass is 10.1. The molecular weight excluding hydrogens is 260 g/mol. The van der Waals surface area contributed by atoms with Crippen LogP contribution >= 0.6 is 0 Å². The summed E-state index contributed by atoms with van der Waals surface area (Å²) in [4.78, 5) is 8.67. The average molecular weight is 280 g/mol. The van der Waals surface area contributed by atoms with Crippen molar-refractivity contribution in [1.29, 1.82) is 0 Å². The van der Waals surface area contributed by atoms with E-state index in [1.165, 1.54) is 0 Å². The lowest BCUT2D eigenvalue weighted by molar-refractivity contribution is 0.940. The maximum absolute atomic E-state index is 5.80. The van der Waals surface area contributed by atoms with E-state index in [9.17, 15) is 0 Å². The lowest BCUT2D eigenvalue weighted by Crippen LogP contribution is -2.32. The number of pyridine rings is 1. The van der Waals surface area contributed by atoms with Crippen molar-refractivity contribution < 1.29 is 0 Å². The predicted molar refractivity (Wildman–Crippen MR) is 87.8 cm³/mol. The molecule has 1 aromatic heterocycles. The van der Waals surface area contributed by atoms with E-state index >= 15 is 0 Å². The van der Waals surface area contributed by atoms with Crippen molar-refractivity contribution in [3.63, 3.8) is 0 Å². The van der Waals surface area contributed by atoms with E-state index in [4.69, 9.17) is 5.73 Å². The normalized spacial score (nSPS) is 11.2. The highest BCUT2D eigenvalue weighted by Gasteiger charge is 2.00. The van der Waals surface area contributed by atoms with Crippen LogP contribution < -0.4 is 11.1 Å². The van der Waals surface area contributed by atoms with Gasteiger partial charge in [0.15, 0.2) is 5.96 Å². The summed E-state index contributed by atoms with van der Waals surface area (Å²) < 4.78 is 0. The molecule has 2 rings (SSSR count). The van der Waals surface area contributed by atoms with E-state index in [0.29, 0.717) is 19.0 Å². The van der Waals surface area contributed by atoms with Gasteiger partial charge in [-0.25, -0.2) is 4.99 Å². The molecule has 0 amide bonds. The Labute approximate surface area is 125 Å². The summed E-state index contributed by atoms with van der Waals surface area (Å²) in [5.41, 5.74) is 9.95. The summed E-state index contributed by atoms with van der Waals surface area (Å²) >= 11 is 0. The van der Waals surface area contributed by atoms with Gasteiger partial charge in [-0.3, -0.25) is 4.98 Å². The van der Waals surface area contributed by atoms with Crippen LogP contribution in [0.1, 0.15) is 12.5 Å². The van der Waals surface area contributed by atoms with E-state index in [-0.39, 0.29) is 0 Å². The molecule has 0 aliphatic rings. The zero-order valence-corrected chi connectivity index (χ0v) is 12.2. The largest absolute Gasteiger partial charge is 0.370 e. The first-order valence-electron chi connectivity index (χ1n) is 6.83. The van der Waals surface area contributed by atoms with Crippen LogP contribution in [-0.2, 0) is 6.54 Å². The van der Waals surface area contributed by atoms with Gasteiger partial charge >= 0.3 is 0 Å². The predicted octanol–water partition coefficient (Wildman–Crippen LogP) is 2.73. The third-order valence-electron chi connectivity index (χ3n) is 2.89. The number of aliphatic imine (C=N–C) groups is 1. The van der Waals surface area contributed by atoms with Crippen LogP contribution in [0.25, 0.3) is 11.3 Å². The second-order valence-electron chi connectivity index (χ2n) is 4.93. The van der Waals surface area contributed by atoms with Crippen molar-refractivity contribution in [2.45, 2.75) is 13.5 Å². The summed E-state index contributed by atoms with van der Waals surface area (Å²) in [7, 11) is 0. The number of aromatic nitrogens is 1. The lowest BCUT2D eigenvalue weighted by Gasteiger charge is -2.06. The Bertz CT molecular complexity index is 632. The van der Waals surface area contributed by atoms with Gasteiger partial charge in [-0.1, -0.05) is 36.4 Å². The van der Waals surface area contributed by atoms with Crippen LogP contribution in [0.2, 0.25) is 0 Å². The van der Waals surface area contributed by atoms with E-state index in [1.807, 2.05) is 43.3 Å². The maximum Gasteiger partial charge on any atom is 0.189 e. The number of guanidine groups is 1. The molecule has 108 valence electrons. The molecule has 0 spiro atoms. The Balaban J connectivity index is 2.05. The molecule has 0 saturated carbocycles. The third kappa shape index (κ3) is 4.76. The molecule has 0 aliphatic heterocycles. The standard InChI is InChI=1S/C17H20N4/c1-13(2)11-20-17(18)21-12-14-6-5-7-15(10-14)16-8-3-4-9-19-16/h3-10H,1,11-12H2,2H3,(H3,18,20,21). The summed E-state index contributed by atoms with van der Waals surface area (Å²) in [5, 5.41) is 3.01. The molecule has 21 heavy (non-hydrogen) atoms. The maximum atomic E-state index is 5.80. The van der Waals surface area contributed by atoms with Gasteiger partial charge < -0.3 is 11.1 Å². The van der Waals surface area contributed by atoms with Gasteiger partial charge in [0, 0.05) is 18.3 Å². The molecule has 4 heteroatoms. The highest BCUT2D eigenvalue weighted by Crippen LogP contribution is 2.18.